The highest BCUT2D eigenvalue weighted by molar-refractivity contribution is 7.17. The maximum atomic E-state index is 13.8. The Labute approximate surface area is 185 Å². The molecule has 0 bridgehead atoms. The molecule has 0 spiro atoms. The van der Waals surface area contributed by atoms with Gasteiger partial charge in [0.05, 0.1) is 10.1 Å². The number of aryl methyl sites for hydroxylation is 1. The minimum Gasteiger partial charge on any atom is -0.441 e. The van der Waals surface area contributed by atoms with E-state index in [0.29, 0.717) is 44.0 Å². The van der Waals surface area contributed by atoms with E-state index in [1.165, 1.54) is 28.4 Å². The lowest BCUT2D eigenvalue weighted by Crippen LogP contribution is -2.35. The predicted octanol–water partition coefficient (Wildman–Crippen LogP) is 4.38. The van der Waals surface area contributed by atoms with E-state index in [4.69, 9.17) is 4.42 Å². The molecule has 5 rings (SSSR count). The summed E-state index contributed by atoms with van der Waals surface area (Å²) in [6.45, 7) is 1.49. The van der Waals surface area contributed by atoms with E-state index in [-0.39, 0.29) is 18.0 Å². The quantitative estimate of drug-likeness (QED) is 0.408. The average Bonchev–Trinajstić information content (AvgIpc) is 3.40. The van der Waals surface area contributed by atoms with Crippen LogP contribution in [0.15, 0.2) is 63.1 Å². The molecule has 3 aromatic heterocycles. The number of thiophene rings is 1. The number of aromatic nitrogens is 3. The molecule has 0 unspecified atom stereocenters. The Morgan fingerprint density at radius 1 is 1.22 bits per heavy atom. The van der Waals surface area contributed by atoms with Gasteiger partial charge in [-0.25, -0.2) is 14.1 Å². The largest absolute Gasteiger partial charge is 0.441 e. The molecule has 32 heavy (non-hydrogen) atoms. The van der Waals surface area contributed by atoms with E-state index in [1.54, 1.807) is 55.7 Å². The smallest absolute Gasteiger partial charge is 0.276 e. The summed E-state index contributed by atoms with van der Waals surface area (Å²) in [6.07, 6.45) is 0. The van der Waals surface area contributed by atoms with Crippen molar-refractivity contribution in [2.24, 2.45) is 0 Å². The minimum atomic E-state index is -0.402. The fourth-order valence-corrected chi connectivity index (χ4v) is 4.45. The number of anilines is 1. The van der Waals surface area contributed by atoms with Gasteiger partial charge in [-0.1, -0.05) is 12.1 Å². The van der Waals surface area contributed by atoms with Crippen LogP contribution < -0.4 is 10.5 Å². The summed E-state index contributed by atoms with van der Waals surface area (Å²) in [5.41, 5.74) is 2.51. The molecule has 0 saturated heterocycles. The van der Waals surface area contributed by atoms with Crippen LogP contribution in [-0.2, 0) is 11.3 Å². The van der Waals surface area contributed by atoms with Crippen LogP contribution >= 0.6 is 11.3 Å². The first-order valence-electron chi connectivity index (χ1n) is 9.79. The highest BCUT2D eigenvalue weighted by atomic mass is 32.1. The second-order valence-electron chi connectivity index (χ2n) is 7.32. The van der Waals surface area contributed by atoms with Gasteiger partial charge in [-0.05, 0) is 35.7 Å². The van der Waals surface area contributed by atoms with Gasteiger partial charge < -0.3 is 9.32 Å². The number of fused-ring (bicyclic) bond motifs is 2. The zero-order chi connectivity index (χ0) is 22.4. The van der Waals surface area contributed by atoms with Gasteiger partial charge in [0.15, 0.2) is 11.5 Å². The van der Waals surface area contributed by atoms with Crippen LogP contribution in [0.2, 0.25) is 0 Å². The maximum absolute atomic E-state index is 13.8. The molecule has 5 aromatic rings. The van der Waals surface area contributed by atoms with Crippen molar-refractivity contribution in [1.82, 2.24) is 14.8 Å². The summed E-state index contributed by atoms with van der Waals surface area (Å²) in [4.78, 5) is 31.6. The van der Waals surface area contributed by atoms with Gasteiger partial charge in [0.1, 0.15) is 23.6 Å². The molecule has 0 saturated carbocycles. The molecule has 0 fully saturated rings. The third-order valence-electron chi connectivity index (χ3n) is 5.19. The van der Waals surface area contributed by atoms with Crippen molar-refractivity contribution in [3.05, 3.63) is 76.0 Å². The molecule has 9 heteroatoms. The number of likely N-dealkylation sites (N-methyl/N-ethyl adjacent to an activating group) is 1. The summed E-state index contributed by atoms with van der Waals surface area (Å²) in [5.74, 6) is -0.202. The Bertz CT molecular complexity index is 1550. The van der Waals surface area contributed by atoms with E-state index < -0.39 is 5.82 Å². The molecule has 7 nitrogen and oxygen atoms in total. The Kier molecular flexibility index (Phi) is 4.82. The normalized spacial score (nSPS) is 11.3. The van der Waals surface area contributed by atoms with Crippen molar-refractivity contribution in [2.45, 2.75) is 13.5 Å². The van der Waals surface area contributed by atoms with Crippen molar-refractivity contribution < 1.29 is 13.6 Å². The van der Waals surface area contributed by atoms with E-state index in [0.717, 1.165) is 4.68 Å². The van der Waals surface area contributed by atoms with Gasteiger partial charge in [-0.3, -0.25) is 9.59 Å². The lowest BCUT2D eigenvalue weighted by molar-refractivity contribution is -0.119. The first-order chi connectivity index (χ1) is 15.4. The topological polar surface area (TPSA) is 81.2 Å². The highest BCUT2D eigenvalue weighted by Gasteiger charge is 2.19. The summed E-state index contributed by atoms with van der Waals surface area (Å²) in [6, 6.07) is 13.0. The van der Waals surface area contributed by atoms with Crippen molar-refractivity contribution in [3.63, 3.8) is 0 Å². The number of benzene rings is 2. The molecule has 2 aromatic carbocycles. The van der Waals surface area contributed by atoms with Crippen LogP contribution in [0.25, 0.3) is 32.4 Å². The third-order valence-corrected chi connectivity index (χ3v) is 6.11. The van der Waals surface area contributed by atoms with Gasteiger partial charge in [0.2, 0.25) is 5.91 Å². The van der Waals surface area contributed by atoms with Crippen LogP contribution in [0.5, 0.6) is 0 Å². The van der Waals surface area contributed by atoms with Gasteiger partial charge in [0.25, 0.3) is 5.56 Å². The fourth-order valence-electron chi connectivity index (χ4n) is 3.56. The van der Waals surface area contributed by atoms with Crippen molar-refractivity contribution >= 4 is 44.1 Å². The average molecular weight is 448 g/mol. The van der Waals surface area contributed by atoms with Crippen LogP contribution in [-0.4, -0.2) is 27.7 Å². The number of hydrogen-bond acceptors (Lipinski definition) is 6. The monoisotopic (exact) mass is 448 g/mol. The molecular formula is C23H17FN4O3S. The first-order valence-corrected chi connectivity index (χ1v) is 10.7. The second kappa shape index (κ2) is 7.69. The number of rotatable bonds is 4. The lowest BCUT2D eigenvalue weighted by atomic mass is 10.1. The van der Waals surface area contributed by atoms with Crippen LogP contribution in [0.4, 0.5) is 10.1 Å². The lowest BCUT2D eigenvalue weighted by Gasteiger charge is -2.18. The molecule has 1 amide bonds. The van der Waals surface area contributed by atoms with E-state index in [9.17, 15) is 14.0 Å². The molecule has 0 radical (unpaired) electrons. The summed E-state index contributed by atoms with van der Waals surface area (Å²) in [5, 5.41) is 6.65. The van der Waals surface area contributed by atoms with E-state index >= 15 is 0 Å². The molecule has 0 N–H and O–H groups in total. The van der Waals surface area contributed by atoms with E-state index in [1.807, 2.05) is 0 Å². The molecular weight excluding hydrogens is 431 g/mol. The van der Waals surface area contributed by atoms with Crippen LogP contribution in [0, 0.1) is 12.7 Å². The van der Waals surface area contributed by atoms with Gasteiger partial charge >= 0.3 is 0 Å². The van der Waals surface area contributed by atoms with Crippen LogP contribution in [0.1, 0.15) is 5.89 Å². The number of amides is 1. The number of carbonyl (C=O) groups excluding carboxylic acids is 1. The molecule has 3 heterocycles. The summed E-state index contributed by atoms with van der Waals surface area (Å²) in [7, 11) is 1.62. The van der Waals surface area contributed by atoms with Crippen LogP contribution in [0.3, 0.4) is 0 Å². The fraction of sp³-hybridized carbons (Fsp3) is 0.130. The number of oxazole rings is 1. The minimum absolute atomic E-state index is 0.267. The third kappa shape index (κ3) is 3.46. The highest BCUT2D eigenvalue weighted by Crippen LogP contribution is 2.29. The van der Waals surface area contributed by atoms with Gasteiger partial charge in [-0.2, -0.15) is 5.10 Å². The molecule has 0 aliphatic heterocycles. The molecule has 0 aliphatic carbocycles. The predicted molar refractivity (Wildman–Crippen MR) is 121 cm³/mol. The SMILES string of the molecule is Cc1nc2ccc(N(C)C(=O)Cn3nc(-c4cccc(F)c4)c4sccc4c3=O)cc2o1. The van der Waals surface area contributed by atoms with Gasteiger partial charge in [0, 0.05) is 31.3 Å². The summed E-state index contributed by atoms with van der Waals surface area (Å²) < 4.78 is 21.1. The Balaban J connectivity index is 1.52. The molecule has 0 atom stereocenters. The number of carbonyl (C=O) groups is 1. The Hall–Kier alpha value is -3.85. The van der Waals surface area contributed by atoms with E-state index in [2.05, 4.69) is 10.1 Å². The number of nitrogens with zero attached hydrogens (tertiary/aromatic N) is 4. The number of hydrogen-bond donors (Lipinski definition) is 0. The van der Waals surface area contributed by atoms with Gasteiger partial charge in [-0.15, -0.1) is 11.3 Å². The second-order valence-corrected chi connectivity index (χ2v) is 8.24. The Morgan fingerprint density at radius 2 is 2.06 bits per heavy atom. The van der Waals surface area contributed by atoms with Crippen molar-refractivity contribution in [3.8, 4) is 11.3 Å². The number of halogens is 1. The first kappa shape index (κ1) is 20.1. The zero-order valence-corrected chi connectivity index (χ0v) is 18.0. The maximum Gasteiger partial charge on any atom is 0.276 e. The summed E-state index contributed by atoms with van der Waals surface area (Å²) >= 11 is 1.35. The zero-order valence-electron chi connectivity index (χ0n) is 17.2. The standard InChI is InChI=1S/C23H17FN4O3S/c1-13-25-18-7-6-16(11-19(18)31-13)27(2)20(29)12-28-23(30)17-8-9-32-22(17)21(26-28)14-4-3-5-15(24)10-14/h3-11H,12H2,1-2H3. The van der Waals surface area contributed by atoms with Crippen molar-refractivity contribution in [2.75, 3.05) is 11.9 Å². The molecule has 0 aliphatic rings. The molecule has 160 valence electrons. The van der Waals surface area contributed by atoms with Crippen molar-refractivity contribution in [1.29, 1.82) is 0 Å². The Morgan fingerprint density at radius 3 is 2.88 bits per heavy atom.